The first-order valence-corrected chi connectivity index (χ1v) is 8.32. The topological polar surface area (TPSA) is 54.9 Å². The molecule has 4 nitrogen and oxygen atoms in total. The fourth-order valence-electron chi connectivity index (χ4n) is 2.79. The second-order valence-corrected chi connectivity index (χ2v) is 6.49. The zero-order valence-electron chi connectivity index (χ0n) is 11.9. The SMILES string of the molecule is O=C(CCC1CCCC1)Nc1nnc(-c2ccccc2)s1. The summed E-state index contributed by atoms with van der Waals surface area (Å²) in [5, 5.41) is 12.5. The van der Waals surface area contributed by atoms with E-state index in [1.807, 2.05) is 30.3 Å². The molecule has 1 fully saturated rings. The zero-order valence-corrected chi connectivity index (χ0v) is 12.7. The molecule has 0 spiro atoms. The largest absolute Gasteiger partial charge is 0.301 e. The number of carbonyl (C=O) groups is 1. The lowest BCUT2D eigenvalue weighted by Crippen LogP contribution is -2.12. The van der Waals surface area contributed by atoms with Crippen LogP contribution in [0.1, 0.15) is 38.5 Å². The normalized spacial score (nSPS) is 15.2. The molecule has 1 N–H and O–H groups in total. The van der Waals surface area contributed by atoms with Crippen molar-refractivity contribution in [3.05, 3.63) is 30.3 Å². The van der Waals surface area contributed by atoms with Crippen LogP contribution in [0.15, 0.2) is 30.3 Å². The van der Waals surface area contributed by atoms with E-state index in [1.54, 1.807) is 0 Å². The van der Waals surface area contributed by atoms with E-state index in [4.69, 9.17) is 0 Å². The van der Waals surface area contributed by atoms with Crippen LogP contribution in [0, 0.1) is 5.92 Å². The van der Waals surface area contributed by atoms with Crippen LogP contribution in [0.3, 0.4) is 0 Å². The second-order valence-electron chi connectivity index (χ2n) is 5.52. The van der Waals surface area contributed by atoms with Gasteiger partial charge in [-0.3, -0.25) is 4.79 Å². The van der Waals surface area contributed by atoms with Crippen molar-refractivity contribution in [1.82, 2.24) is 10.2 Å². The summed E-state index contributed by atoms with van der Waals surface area (Å²) in [5.74, 6) is 0.794. The lowest BCUT2D eigenvalue weighted by Gasteiger charge is -2.07. The van der Waals surface area contributed by atoms with Gasteiger partial charge >= 0.3 is 0 Å². The van der Waals surface area contributed by atoms with Gasteiger partial charge in [-0.2, -0.15) is 0 Å². The predicted molar refractivity (Wildman–Crippen MR) is 85.2 cm³/mol. The van der Waals surface area contributed by atoms with Gasteiger partial charge < -0.3 is 5.32 Å². The molecule has 0 aliphatic heterocycles. The average molecular weight is 301 g/mol. The molecule has 0 atom stereocenters. The molecule has 1 saturated carbocycles. The Morgan fingerprint density at radius 2 is 1.95 bits per heavy atom. The molecule has 0 saturated heterocycles. The number of carbonyl (C=O) groups excluding carboxylic acids is 1. The Hall–Kier alpha value is -1.75. The Morgan fingerprint density at radius 3 is 2.71 bits per heavy atom. The van der Waals surface area contributed by atoms with Crippen LogP contribution in [-0.2, 0) is 4.79 Å². The molecule has 21 heavy (non-hydrogen) atoms. The smallest absolute Gasteiger partial charge is 0.226 e. The van der Waals surface area contributed by atoms with Crippen LogP contribution in [0.5, 0.6) is 0 Å². The zero-order chi connectivity index (χ0) is 14.5. The quantitative estimate of drug-likeness (QED) is 0.904. The first-order valence-electron chi connectivity index (χ1n) is 7.50. The Kier molecular flexibility index (Phi) is 4.60. The molecule has 2 aromatic rings. The average Bonchev–Trinajstić information content (AvgIpc) is 3.17. The third-order valence-corrected chi connectivity index (χ3v) is 4.83. The van der Waals surface area contributed by atoms with E-state index in [0.29, 0.717) is 11.6 Å². The van der Waals surface area contributed by atoms with E-state index in [0.717, 1.165) is 22.9 Å². The first-order chi connectivity index (χ1) is 10.3. The van der Waals surface area contributed by atoms with Gasteiger partial charge in [0.1, 0.15) is 5.01 Å². The van der Waals surface area contributed by atoms with Crippen molar-refractivity contribution in [3.63, 3.8) is 0 Å². The lowest BCUT2D eigenvalue weighted by molar-refractivity contribution is -0.116. The maximum absolute atomic E-state index is 11.9. The van der Waals surface area contributed by atoms with E-state index in [1.165, 1.54) is 37.0 Å². The maximum Gasteiger partial charge on any atom is 0.226 e. The summed E-state index contributed by atoms with van der Waals surface area (Å²) < 4.78 is 0. The Balaban J connectivity index is 1.53. The molecule has 1 aromatic heterocycles. The number of hydrogen-bond donors (Lipinski definition) is 1. The summed E-state index contributed by atoms with van der Waals surface area (Å²) in [4.78, 5) is 11.9. The molecule has 1 amide bonds. The summed E-state index contributed by atoms with van der Waals surface area (Å²) in [5.41, 5.74) is 1.03. The van der Waals surface area contributed by atoms with Crippen molar-refractivity contribution in [2.45, 2.75) is 38.5 Å². The molecule has 1 heterocycles. The Bertz CT molecular complexity index is 591. The van der Waals surface area contributed by atoms with Crippen molar-refractivity contribution in [2.75, 3.05) is 5.32 Å². The predicted octanol–water partition coefficient (Wildman–Crippen LogP) is 4.11. The minimum absolute atomic E-state index is 0.0534. The van der Waals surface area contributed by atoms with Crippen LogP contribution in [0.4, 0.5) is 5.13 Å². The van der Waals surface area contributed by atoms with Crippen molar-refractivity contribution in [1.29, 1.82) is 0 Å². The van der Waals surface area contributed by atoms with Gasteiger partial charge in [0.25, 0.3) is 0 Å². The summed E-state index contributed by atoms with van der Waals surface area (Å²) in [7, 11) is 0. The Morgan fingerprint density at radius 1 is 1.19 bits per heavy atom. The molecule has 1 aliphatic rings. The summed E-state index contributed by atoms with van der Waals surface area (Å²) in [6.45, 7) is 0. The van der Waals surface area contributed by atoms with E-state index < -0.39 is 0 Å². The Labute approximate surface area is 128 Å². The van der Waals surface area contributed by atoms with E-state index in [2.05, 4.69) is 15.5 Å². The minimum atomic E-state index is 0.0534. The number of nitrogens with zero attached hydrogens (tertiary/aromatic N) is 2. The van der Waals surface area contributed by atoms with Crippen LogP contribution in [0.25, 0.3) is 10.6 Å². The maximum atomic E-state index is 11.9. The van der Waals surface area contributed by atoms with Crippen LogP contribution in [-0.4, -0.2) is 16.1 Å². The molecule has 0 unspecified atom stereocenters. The van der Waals surface area contributed by atoms with Crippen molar-refractivity contribution in [3.8, 4) is 10.6 Å². The molecular formula is C16H19N3OS. The number of benzene rings is 1. The van der Waals surface area contributed by atoms with Crippen molar-refractivity contribution < 1.29 is 4.79 Å². The van der Waals surface area contributed by atoms with Gasteiger partial charge in [0.05, 0.1) is 0 Å². The van der Waals surface area contributed by atoms with Gasteiger partial charge in [-0.25, -0.2) is 0 Å². The molecule has 1 aromatic carbocycles. The molecule has 5 heteroatoms. The van der Waals surface area contributed by atoms with Crippen molar-refractivity contribution >= 4 is 22.4 Å². The van der Waals surface area contributed by atoms with Crippen LogP contribution < -0.4 is 5.32 Å². The molecule has 3 rings (SSSR count). The van der Waals surface area contributed by atoms with Crippen LogP contribution >= 0.6 is 11.3 Å². The highest BCUT2D eigenvalue weighted by Gasteiger charge is 2.16. The highest BCUT2D eigenvalue weighted by molar-refractivity contribution is 7.18. The monoisotopic (exact) mass is 301 g/mol. The fraction of sp³-hybridized carbons (Fsp3) is 0.438. The van der Waals surface area contributed by atoms with E-state index >= 15 is 0 Å². The number of amides is 1. The molecule has 0 bridgehead atoms. The first kappa shape index (κ1) is 14.2. The van der Waals surface area contributed by atoms with Gasteiger partial charge in [0, 0.05) is 12.0 Å². The number of nitrogens with one attached hydrogen (secondary N) is 1. The standard InChI is InChI=1S/C16H19N3OS/c20-14(11-10-12-6-4-5-7-12)17-16-19-18-15(21-16)13-8-2-1-3-9-13/h1-3,8-9,12H,4-7,10-11H2,(H,17,19,20). The molecular weight excluding hydrogens is 282 g/mol. The van der Waals surface area contributed by atoms with Crippen LogP contribution in [0.2, 0.25) is 0 Å². The molecule has 0 radical (unpaired) electrons. The number of rotatable bonds is 5. The summed E-state index contributed by atoms with van der Waals surface area (Å²) in [6.07, 6.45) is 6.79. The number of hydrogen-bond acceptors (Lipinski definition) is 4. The van der Waals surface area contributed by atoms with Crippen molar-refractivity contribution in [2.24, 2.45) is 5.92 Å². The summed E-state index contributed by atoms with van der Waals surface area (Å²) >= 11 is 1.42. The molecule has 1 aliphatic carbocycles. The number of anilines is 1. The highest BCUT2D eigenvalue weighted by Crippen LogP contribution is 2.29. The lowest BCUT2D eigenvalue weighted by atomic mass is 10.0. The number of aromatic nitrogens is 2. The summed E-state index contributed by atoms with van der Waals surface area (Å²) in [6, 6.07) is 9.89. The minimum Gasteiger partial charge on any atom is -0.301 e. The van der Waals surface area contributed by atoms with Gasteiger partial charge in [-0.15, -0.1) is 10.2 Å². The van der Waals surface area contributed by atoms with E-state index in [-0.39, 0.29) is 5.91 Å². The second kappa shape index (κ2) is 6.80. The van der Waals surface area contributed by atoms with E-state index in [9.17, 15) is 4.79 Å². The fourth-order valence-corrected chi connectivity index (χ4v) is 3.55. The van der Waals surface area contributed by atoms with Gasteiger partial charge in [0.2, 0.25) is 11.0 Å². The van der Waals surface area contributed by atoms with Gasteiger partial charge in [0.15, 0.2) is 0 Å². The van der Waals surface area contributed by atoms with Gasteiger partial charge in [-0.05, 0) is 12.3 Å². The third kappa shape index (κ3) is 3.88. The highest BCUT2D eigenvalue weighted by atomic mass is 32.1. The van der Waals surface area contributed by atoms with Gasteiger partial charge in [-0.1, -0.05) is 67.4 Å². The molecule has 110 valence electrons. The third-order valence-electron chi connectivity index (χ3n) is 3.95.